The van der Waals surface area contributed by atoms with Crippen LogP contribution in [0.25, 0.3) is 16.9 Å². The van der Waals surface area contributed by atoms with Gasteiger partial charge in [-0.3, -0.25) is 9.69 Å². The van der Waals surface area contributed by atoms with Crippen LogP contribution in [-0.4, -0.2) is 51.7 Å². The quantitative estimate of drug-likeness (QED) is 0.429. The van der Waals surface area contributed by atoms with Crippen molar-refractivity contribution < 1.29 is 9.18 Å². The van der Waals surface area contributed by atoms with E-state index in [1.165, 1.54) is 6.07 Å². The average molecular weight is 455 g/mol. The molecule has 0 saturated carbocycles. The molecular formula is C28H27FN4O. The molecule has 0 bridgehead atoms. The van der Waals surface area contributed by atoms with E-state index in [0.717, 1.165) is 35.6 Å². The second-order valence-electron chi connectivity index (χ2n) is 8.62. The van der Waals surface area contributed by atoms with E-state index in [2.05, 4.69) is 4.90 Å². The summed E-state index contributed by atoms with van der Waals surface area (Å²) in [6.45, 7) is 5.38. The standard InChI is InChI=1S/C28H27FN4O/c1-21-26(27(23-10-4-2-5-11-23)30-33(21)25-13-6-3-7-14-25)28(34)32-17-15-31(16-18-32)20-22-9-8-12-24(29)19-22/h2-14,19H,15-18,20H2,1H3. The summed E-state index contributed by atoms with van der Waals surface area (Å²) >= 11 is 0. The lowest BCUT2D eigenvalue weighted by Gasteiger charge is -2.35. The highest BCUT2D eigenvalue weighted by atomic mass is 19.1. The number of amides is 1. The monoisotopic (exact) mass is 454 g/mol. The van der Waals surface area contributed by atoms with Crippen LogP contribution in [0, 0.1) is 12.7 Å². The largest absolute Gasteiger partial charge is 0.336 e. The number of hydrogen-bond donors (Lipinski definition) is 0. The molecule has 172 valence electrons. The summed E-state index contributed by atoms with van der Waals surface area (Å²) in [5.41, 5.74) is 4.98. The van der Waals surface area contributed by atoms with Gasteiger partial charge in [-0.1, -0.05) is 60.7 Å². The molecule has 0 N–H and O–H groups in total. The zero-order chi connectivity index (χ0) is 23.5. The fraction of sp³-hybridized carbons (Fsp3) is 0.214. The Hall–Kier alpha value is -3.77. The third kappa shape index (κ3) is 4.50. The summed E-state index contributed by atoms with van der Waals surface area (Å²) in [5.74, 6) is -0.213. The minimum atomic E-state index is -0.217. The van der Waals surface area contributed by atoms with Crippen LogP contribution in [0.1, 0.15) is 21.6 Å². The van der Waals surface area contributed by atoms with E-state index in [9.17, 15) is 9.18 Å². The second-order valence-corrected chi connectivity index (χ2v) is 8.62. The molecule has 6 heteroatoms. The number of halogens is 1. The molecule has 0 unspecified atom stereocenters. The van der Waals surface area contributed by atoms with Crippen molar-refractivity contribution in [2.24, 2.45) is 0 Å². The molecule has 1 aliphatic heterocycles. The second kappa shape index (κ2) is 9.61. The lowest BCUT2D eigenvalue weighted by Crippen LogP contribution is -2.48. The van der Waals surface area contributed by atoms with Crippen molar-refractivity contribution in [3.8, 4) is 16.9 Å². The summed E-state index contributed by atoms with van der Waals surface area (Å²) in [6.07, 6.45) is 0. The Morgan fingerprint density at radius 2 is 1.56 bits per heavy atom. The highest BCUT2D eigenvalue weighted by Crippen LogP contribution is 2.29. The maximum atomic E-state index is 13.8. The van der Waals surface area contributed by atoms with Gasteiger partial charge in [-0.2, -0.15) is 5.10 Å². The minimum absolute atomic E-state index is 0.00365. The van der Waals surface area contributed by atoms with Crippen molar-refractivity contribution in [1.82, 2.24) is 19.6 Å². The maximum Gasteiger partial charge on any atom is 0.258 e. The SMILES string of the molecule is Cc1c(C(=O)N2CCN(Cc3cccc(F)c3)CC2)c(-c2ccccc2)nn1-c1ccccc1. The Morgan fingerprint density at radius 1 is 0.882 bits per heavy atom. The first-order chi connectivity index (χ1) is 16.6. The predicted octanol–water partition coefficient (Wildman–Crippen LogP) is 4.94. The highest BCUT2D eigenvalue weighted by molar-refractivity contribution is 6.01. The van der Waals surface area contributed by atoms with Gasteiger partial charge in [0.1, 0.15) is 11.5 Å². The molecule has 3 aromatic carbocycles. The van der Waals surface area contributed by atoms with E-state index in [1.807, 2.05) is 83.2 Å². The van der Waals surface area contributed by atoms with Gasteiger partial charge in [0.2, 0.25) is 0 Å². The van der Waals surface area contributed by atoms with Crippen LogP contribution in [-0.2, 0) is 6.54 Å². The zero-order valence-electron chi connectivity index (χ0n) is 19.2. The maximum absolute atomic E-state index is 13.8. The van der Waals surface area contributed by atoms with Gasteiger partial charge >= 0.3 is 0 Å². The van der Waals surface area contributed by atoms with E-state index in [1.54, 1.807) is 12.1 Å². The fourth-order valence-electron chi connectivity index (χ4n) is 4.54. The number of piperazine rings is 1. The van der Waals surface area contributed by atoms with Crippen LogP contribution in [0.5, 0.6) is 0 Å². The van der Waals surface area contributed by atoms with Gasteiger partial charge in [0.25, 0.3) is 5.91 Å². The van der Waals surface area contributed by atoms with E-state index in [4.69, 9.17) is 5.10 Å². The van der Waals surface area contributed by atoms with Crippen molar-refractivity contribution in [3.05, 3.63) is 108 Å². The lowest BCUT2D eigenvalue weighted by molar-refractivity contribution is 0.0628. The van der Waals surface area contributed by atoms with Gasteiger partial charge in [0.05, 0.1) is 16.9 Å². The van der Waals surface area contributed by atoms with Crippen molar-refractivity contribution in [2.75, 3.05) is 26.2 Å². The summed E-state index contributed by atoms with van der Waals surface area (Å²) < 4.78 is 15.4. The number of carbonyl (C=O) groups excluding carboxylic acids is 1. The predicted molar refractivity (Wildman–Crippen MR) is 131 cm³/mol. The highest BCUT2D eigenvalue weighted by Gasteiger charge is 2.29. The van der Waals surface area contributed by atoms with Gasteiger partial charge in [0.15, 0.2) is 0 Å². The Bertz CT molecular complexity index is 1280. The van der Waals surface area contributed by atoms with Gasteiger partial charge < -0.3 is 4.90 Å². The first kappa shape index (κ1) is 22.0. The number of benzene rings is 3. The van der Waals surface area contributed by atoms with E-state index in [0.29, 0.717) is 30.9 Å². The summed E-state index contributed by atoms with van der Waals surface area (Å²) in [5, 5.41) is 4.87. The van der Waals surface area contributed by atoms with Crippen LogP contribution in [0.15, 0.2) is 84.9 Å². The Balaban J connectivity index is 1.40. The number of aromatic nitrogens is 2. The smallest absolute Gasteiger partial charge is 0.258 e. The van der Waals surface area contributed by atoms with Crippen LogP contribution in [0.2, 0.25) is 0 Å². The molecule has 1 aromatic heterocycles. The average Bonchev–Trinajstić information content (AvgIpc) is 3.22. The molecule has 0 radical (unpaired) electrons. The van der Waals surface area contributed by atoms with Crippen molar-refractivity contribution in [2.45, 2.75) is 13.5 Å². The van der Waals surface area contributed by atoms with Crippen molar-refractivity contribution in [1.29, 1.82) is 0 Å². The zero-order valence-corrected chi connectivity index (χ0v) is 19.2. The molecule has 0 spiro atoms. The molecule has 2 heterocycles. The number of carbonyl (C=O) groups is 1. The molecule has 5 rings (SSSR count). The molecule has 1 saturated heterocycles. The van der Waals surface area contributed by atoms with Crippen molar-refractivity contribution >= 4 is 5.91 Å². The molecule has 34 heavy (non-hydrogen) atoms. The first-order valence-electron chi connectivity index (χ1n) is 11.6. The van der Waals surface area contributed by atoms with E-state index < -0.39 is 0 Å². The Labute approximate surface area is 199 Å². The molecule has 5 nitrogen and oxygen atoms in total. The summed E-state index contributed by atoms with van der Waals surface area (Å²) in [4.78, 5) is 17.9. The van der Waals surface area contributed by atoms with Crippen molar-refractivity contribution in [3.63, 3.8) is 0 Å². The molecule has 0 aliphatic carbocycles. The van der Waals surface area contributed by atoms with Gasteiger partial charge in [-0.25, -0.2) is 9.07 Å². The van der Waals surface area contributed by atoms with Crippen LogP contribution in [0.3, 0.4) is 0 Å². The molecule has 1 amide bonds. The minimum Gasteiger partial charge on any atom is -0.336 e. The third-order valence-electron chi connectivity index (χ3n) is 6.33. The fourth-order valence-corrected chi connectivity index (χ4v) is 4.54. The van der Waals surface area contributed by atoms with Crippen LogP contribution >= 0.6 is 0 Å². The Kier molecular flexibility index (Phi) is 6.23. The van der Waals surface area contributed by atoms with Gasteiger partial charge in [0, 0.05) is 38.3 Å². The third-order valence-corrected chi connectivity index (χ3v) is 6.33. The lowest BCUT2D eigenvalue weighted by atomic mass is 10.0. The summed E-state index contributed by atoms with van der Waals surface area (Å²) in [7, 11) is 0. The summed E-state index contributed by atoms with van der Waals surface area (Å²) in [6, 6.07) is 26.5. The van der Waals surface area contributed by atoms with Crippen LogP contribution < -0.4 is 0 Å². The molecule has 4 aromatic rings. The number of para-hydroxylation sites is 1. The first-order valence-corrected chi connectivity index (χ1v) is 11.6. The van der Waals surface area contributed by atoms with Crippen LogP contribution in [0.4, 0.5) is 4.39 Å². The molecule has 0 atom stereocenters. The number of nitrogens with zero attached hydrogens (tertiary/aromatic N) is 4. The van der Waals surface area contributed by atoms with E-state index >= 15 is 0 Å². The molecular weight excluding hydrogens is 427 g/mol. The van der Waals surface area contributed by atoms with Gasteiger partial charge in [-0.05, 0) is 36.8 Å². The van der Waals surface area contributed by atoms with Gasteiger partial charge in [-0.15, -0.1) is 0 Å². The number of hydrogen-bond acceptors (Lipinski definition) is 3. The number of rotatable bonds is 5. The van der Waals surface area contributed by atoms with E-state index in [-0.39, 0.29) is 11.7 Å². The molecule has 1 aliphatic rings. The molecule has 1 fully saturated rings. The normalized spacial score (nSPS) is 14.4. The Morgan fingerprint density at radius 3 is 2.24 bits per heavy atom. The topological polar surface area (TPSA) is 41.4 Å².